The zero-order valence-electron chi connectivity index (χ0n) is 9.76. The van der Waals surface area contributed by atoms with Gasteiger partial charge >= 0.3 is 0 Å². The summed E-state index contributed by atoms with van der Waals surface area (Å²) in [7, 11) is 0. The quantitative estimate of drug-likeness (QED) is 0.866. The number of allylic oxidation sites excluding steroid dienone is 3. The van der Waals surface area contributed by atoms with Crippen molar-refractivity contribution in [2.75, 3.05) is 13.2 Å². The lowest BCUT2D eigenvalue weighted by Crippen LogP contribution is -2.10. The standard InChI is InChI=1S/C14H17NOS/c15-10-11-16-12-6-8-14(9-7-12)17-13-4-2-1-3-5-13/h2,4-9H,1,3,10-11,15H2. The van der Waals surface area contributed by atoms with E-state index in [1.165, 1.54) is 9.80 Å². The minimum Gasteiger partial charge on any atom is -0.492 e. The Bertz CT molecular complexity index is 409. The van der Waals surface area contributed by atoms with Gasteiger partial charge in [-0.1, -0.05) is 30.0 Å². The second kappa shape index (κ2) is 6.52. The SMILES string of the molecule is NCCOc1ccc(SC2=CCCC=C2)cc1. The van der Waals surface area contributed by atoms with Crippen LogP contribution in [0.5, 0.6) is 5.75 Å². The van der Waals surface area contributed by atoms with Gasteiger partial charge in [0.25, 0.3) is 0 Å². The van der Waals surface area contributed by atoms with Crippen molar-refractivity contribution in [3.63, 3.8) is 0 Å². The van der Waals surface area contributed by atoms with Crippen molar-refractivity contribution in [3.8, 4) is 5.75 Å². The van der Waals surface area contributed by atoms with Gasteiger partial charge in [0.1, 0.15) is 12.4 Å². The van der Waals surface area contributed by atoms with Crippen LogP contribution in [0.25, 0.3) is 0 Å². The number of benzene rings is 1. The molecule has 2 N–H and O–H groups in total. The Labute approximate surface area is 107 Å². The maximum Gasteiger partial charge on any atom is 0.119 e. The first-order valence-corrected chi connectivity index (χ1v) is 6.67. The van der Waals surface area contributed by atoms with Crippen LogP contribution in [0.2, 0.25) is 0 Å². The molecule has 1 aromatic carbocycles. The lowest BCUT2D eigenvalue weighted by atomic mass is 10.2. The summed E-state index contributed by atoms with van der Waals surface area (Å²) in [6.07, 6.45) is 9.00. The molecule has 3 heteroatoms. The summed E-state index contributed by atoms with van der Waals surface area (Å²) >= 11 is 1.79. The number of thioether (sulfide) groups is 1. The highest BCUT2D eigenvalue weighted by Gasteiger charge is 2.01. The van der Waals surface area contributed by atoms with Gasteiger partial charge in [-0.15, -0.1) is 0 Å². The molecule has 0 radical (unpaired) electrons. The number of rotatable bonds is 5. The van der Waals surface area contributed by atoms with E-state index in [4.69, 9.17) is 10.5 Å². The van der Waals surface area contributed by atoms with Crippen molar-refractivity contribution in [1.29, 1.82) is 0 Å². The number of ether oxygens (including phenoxy) is 1. The van der Waals surface area contributed by atoms with E-state index in [0.717, 1.165) is 18.6 Å². The van der Waals surface area contributed by atoms with Gasteiger partial charge in [-0.25, -0.2) is 0 Å². The summed E-state index contributed by atoms with van der Waals surface area (Å²) in [6, 6.07) is 8.15. The summed E-state index contributed by atoms with van der Waals surface area (Å²) in [5, 5.41) is 0. The van der Waals surface area contributed by atoms with Crippen molar-refractivity contribution in [1.82, 2.24) is 0 Å². The molecule has 0 amide bonds. The molecule has 0 atom stereocenters. The maximum absolute atomic E-state index is 5.44. The maximum atomic E-state index is 5.44. The van der Waals surface area contributed by atoms with Gasteiger partial charge in [-0.2, -0.15) is 0 Å². The zero-order chi connectivity index (χ0) is 11.9. The Morgan fingerprint density at radius 2 is 2.00 bits per heavy atom. The molecule has 0 saturated heterocycles. The first-order chi connectivity index (χ1) is 8.38. The van der Waals surface area contributed by atoms with Crippen LogP contribution in [0.15, 0.2) is 52.3 Å². The first kappa shape index (κ1) is 12.3. The Morgan fingerprint density at radius 1 is 1.18 bits per heavy atom. The fourth-order valence-corrected chi connectivity index (χ4v) is 2.49. The topological polar surface area (TPSA) is 35.2 Å². The van der Waals surface area contributed by atoms with Crippen molar-refractivity contribution in [2.24, 2.45) is 5.73 Å². The Morgan fingerprint density at radius 3 is 2.65 bits per heavy atom. The normalized spacial score (nSPS) is 14.5. The Balaban J connectivity index is 1.93. The van der Waals surface area contributed by atoms with Crippen LogP contribution < -0.4 is 10.5 Å². The molecule has 0 unspecified atom stereocenters. The van der Waals surface area contributed by atoms with Crippen LogP contribution in [-0.4, -0.2) is 13.2 Å². The van der Waals surface area contributed by atoms with E-state index < -0.39 is 0 Å². The summed E-state index contributed by atoms with van der Waals surface area (Å²) < 4.78 is 5.44. The van der Waals surface area contributed by atoms with E-state index >= 15 is 0 Å². The molecular weight excluding hydrogens is 230 g/mol. The van der Waals surface area contributed by atoms with E-state index in [0.29, 0.717) is 13.2 Å². The van der Waals surface area contributed by atoms with Crippen LogP contribution in [-0.2, 0) is 0 Å². The first-order valence-electron chi connectivity index (χ1n) is 5.86. The molecule has 0 heterocycles. The highest BCUT2D eigenvalue weighted by Crippen LogP contribution is 2.30. The third-order valence-corrected chi connectivity index (χ3v) is 3.45. The molecule has 1 aliphatic carbocycles. The van der Waals surface area contributed by atoms with E-state index in [9.17, 15) is 0 Å². The monoisotopic (exact) mass is 247 g/mol. The number of nitrogens with two attached hydrogens (primary N) is 1. The molecule has 1 aromatic rings. The lowest BCUT2D eigenvalue weighted by molar-refractivity contribution is 0.328. The largest absolute Gasteiger partial charge is 0.492 e. The molecule has 0 fully saturated rings. The molecule has 1 aliphatic rings. The van der Waals surface area contributed by atoms with Gasteiger partial charge in [0.15, 0.2) is 0 Å². The van der Waals surface area contributed by atoms with Crippen molar-refractivity contribution in [3.05, 3.63) is 47.4 Å². The van der Waals surface area contributed by atoms with Gasteiger partial charge < -0.3 is 10.5 Å². The van der Waals surface area contributed by atoms with E-state index in [1.54, 1.807) is 11.8 Å². The van der Waals surface area contributed by atoms with Crippen LogP contribution >= 0.6 is 11.8 Å². The van der Waals surface area contributed by atoms with Crippen LogP contribution in [0.1, 0.15) is 12.8 Å². The zero-order valence-corrected chi connectivity index (χ0v) is 10.6. The van der Waals surface area contributed by atoms with Gasteiger partial charge in [0, 0.05) is 16.3 Å². The molecule has 0 saturated carbocycles. The number of hydrogen-bond acceptors (Lipinski definition) is 3. The fourth-order valence-electron chi connectivity index (χ4n) is 1.58. The second-order valence-corrected chi connectivity index (χ2v) is 4.94. The van der Waals surface area contributed by atoms with E-state index in [2.05, 4.69) is 30.4 Å². The number of hydrogen-bond donors (Lipinski definition) is 1. The molecule has 0 bridgehead atoms. The lowest BCUT2D eigenvalue weighted by Gasteiger charge is -2.08. The average Bonchev–Trinajstić information content (AvgIpc) is 2.39. The van der Waals surface area contributed by atoms with Crippen LogP contribution in [0.4, 0.5) is 0 Å². The molecule has 0 aliphatic heterocycles. The molecule has 0 spiro atoms. The summed E-state index contributed by atoms with van der Waals surface area (Å²) in [6.45, 7) is 1.12. The van der Waals surface area contributed by atoms with Gasteiger partial charge in [0.05, 0.1) is 0 Å². The summed E-state index contributed by atoms with van der Waals surface area (Å²) in [5.74, 6) is 0.882. The summed E-state index contributed by atoms with van der Waals surface area (Å²) in [5.41, 5.74) is 5.39. The molecule has 2 rings (SSSR count). The smallest absolute Gasteiger partial charge is 0.119 e. The highest BCUT2D eigenvalue weighted by molar-refractivity contribution is 8.03. The predicted octanol–water partition coefficient (Wildman–Crippen LogP) is 3.35. The van der Waals surface area contributed by atoms with E-state index in [1.807, 2.05) is 12.1 Å². The Kier molecular flexibility index (Phi) is 4.71. The van der Waals surface area contributed by atoms with Gasteiger partial charge in [0.2, 0.25) is 0 Å². The fraction of sp³-hybridized carbons (Fsp3) is 0.286. The van der Waals surface area contributed by atoms with Crippen molar-refractivity contribution in [2.45, 2.75) is 17.7 Å². The predicted molar refractivity (Wildman–Crippen MR) is 73.3 cm³/mol. The van der Waals surface area contributed by atoms with Crippen molar-refractivity contribution >= 4 is 11.8 Å². The second-order valence-electron chi connectivity index (χ2n) is 3.80. The van der Waals surface area contributed by atoms with Gasteiger partial charge in [-0.3, -0.25) is 0 Å². The summed E-state index contributed by atoms with van der Waals surface area (Å²) in [4.78, 5) is 2.56. The minimum absolute atomic E-state index is 0.550. The molecule has 90 valence electrons. The highest BCUT2D eigenvalue weighted by atomic mass is 32.2. The third-order valence-electron chi connectivity index (χ3n) is 2.41. The third kappa shape index (κ3) is 3.95. The van der Waals surface area contributed by atoms with Crippen LogP contribution in [0.3, 0.4) is 0 Å². The van der Waals surface area contributed by atoms with E-state index in [-0.39, 0.29) is 0 Å². The average molecular weight is 247 g/mol. The van der Waals surface area contributed by atoms with Crippen LogP contribution in [0, 0.1) is 0 Å². The molecule has 17 heavy (non-hydrogen) atoms. The minimum atomic E-state index is 0.550. The van der Waals surface area contributed by atoms with Crippen molar-refractivity contribution < 1.29 is 4.74 Å². The molecule has 0 aromatic heterocycles. The molecular formula is C14H17NOS. The molecule has 2 nitrogen and oxygen atoms in total. The van der Waals surface area contributed by atoms with Gasteiger partial charge in [-0.05, 0) is 37.1 Å². The Hall–Kier alpha value is -1.19.